The lowest BCUT2D eigenvalue weighted by Crippen LogP contribution is -2.42. The number of carboxylic acid groups (broad SMARTS) is 1. The molecule has 0 saturated heterocycles. The van der Waals surface area contributed by atoms with Gasteiger partial charge in [0.2, 0.25) is 5.91 Å². The van der Waals surface area contributed by atoms with Gasteiger partial charge in [0.05, 0.1) is 13.1 Å². The number of rotatable bonds is 6. The van der Waals surface area contributed by atoms with Crippen molar-refractivity contribution in [1.82, 2.24) is 4.90 Å². The maximum Gasteiger partial charge on any atom is 0.317 e. The molecular formula is C16H22N2O3. The van der Waals surface area contributed by atoms with Crippen LogP contribution in [0.25, 0.3) is 0 Å². The topological polar surface area (TPSA) is 69.6 Å². The molecule has 1 saturated carbocycles. The highest BCUT2D eigenvalue weighted by atomic mass is 16.4. The van der Waals surface area contributed by atoms with Gasteiger partial charge in [-0.05, 0) is 37.5 Å². The first-order valence-corrected chi connectivity index (χ1v) is 7.37. The fraction of sp³-hybridized carbons (Fsp3) is 0.500. The SMILES string of the molecule is Cc1cccc(NC(=O)CN(CC(=O)O)C2CCCC2)c1. The third kappa shape index (κ3) is 4.86. The lowest BCUT2D eigenvalue weighted by atomic mass is 10.2. The zero-order chi connectivity index (χ0) is 15.2. The largest absolute Gasteiger partial charge is 0.480 e. The van der Waals surface area contributed by atoms with E-state index in [1.54, 1.807) is 4.90 Å². The minimum absolute atomic E-state index is 0.0775. The highest BCUT2D eigenvalue weighted by Gasteiger charge is 2.25. The number of benzene rings is 1. The predicted molar refractivity (Wildman–Crippen MR) is 81.3 cm³/mol. The summed E-state index contributed by atoms with van der Waals surface area (Å²) in [4.78, 5) is 24.9. The number of carbonyl (C=O) groups excluding carboxylic acids is 1. The number of aliphatic carboxylic acids is 1. The van der Waals surface area contributed by atoms with Crippen LogP contribution >= 0.6 is 0 Å². The van der Waals surface area contributed by atoms with Gasteiger partial charge in [0.25, 0.3) is 0 Å². The van der Waals surface area contributed by atoms with E-state index in [2.05, 4.69) is 5.32 Å². The Morgan fingerprint density at radius 3 is 2.62 bits per heavy atom. The number of nitrogens with zero attached hydrogens (tertiary/aromatic N) is 1. The summed E-state index contributed by atoms with van der Waals surface area (Å²) in [7, 11) is 0. The minimum atomic E-state index is -0.884. The van der Waals surface area contributed by atoms with E-state index in [1.807, 2.05) is 31.2 Å². The first-order valence-electron chi connectivity index (χ1n) is 7.37. The fourth-order valence-corrected chi connectivity index (χ4v) is 2.87. The van der Waals surface area contributed by atoms with E-state index in [0.717, 1.165) is 36.9 Å². The van der Waals surface area contributed by atoms with Crippen molar-refractivity contribution in [1.29, 1.82) is 0 Å². The molecule has 0 bridgehead atoms. The molecule has 5 nitrogen and oxygen atoms in total. The second-order valence-corrected chi connectivity index (χ2v) is 5.65. The van der Waals surface area contributed by atoms with Crippen molar-refractivity contribution in [2.45, 2.75) is 38.6 Å². The molecule has 0 unspecified atom stereocenters. The number of amides is 1. The molecule has 1 amide bonds. The number of nitrogens with one attached hydrogen (secondary N) is 1. The molecule has 1 aromatic carbocycles. The van der Waals surface area contributed by atoms with Gasteiger partial charge in [-0.2, -0.15) is 0 Å². The predicted octanol–water partition coefficient (Wildman–Crippen LogP) is 2.26. The highest BCUT2D eigenvalue weighted by Crippen LogP contribution is 2.23. The van der Waals surface area contributed by atoms with Gasteiger partial charge in [-0.25, -0.2) is 0 Å². The van der Waals surface area contributed by atoms with Crippen molar-refractivity contribution >= 4 is 17.6 Å². The van der Waals surface area contributed by atoms with E-state index in [4.69, 9.17) is 5.11 Å². The summed E-state index contributed by atoms with van der Waals surface area (Å²) in [5, 5.41) is 11.8. The normalized spacial score (nSPS) is 15.3. The Morgan fingerprint density at radius 1 is 1.29 bits per heavy atom. The third-order valence-corrected chi connectivity index (χ3v) is 3.83. The Kier molecular flexibility index (Phi) is 5.33. The smallest absolute Gasteiger partial charge is 0.317 e. The highest BCUT2D eigenvalue weighted by molar-refractivity contribution is 5.92. The Bertz CT molecular complexity index is 510. The lowest BCUT2D eigenvalue weighted by molar-refractivity contribution is -0.139. The van der Waals surface area contributed by atoms with E-state index in [9.17, 15) is 9.59 Å². The summed E-state index contributed by atoms with van der Waals surface area (Å²) in [6.45, 7) is 2.02. The summed E-state index contributed by atoms with van der Waals surface area (Å²) >= 11 is 0. The Balaban J connectivity index is 1.95. The van der Waals surface area contributed by atoms with Crippen LogP contribution in [0.3, 0.4) is 0 Å². The van der Waals surface area contributed by atoms with Crippen molar-refractivity contribution in [2.24, 2.45) is 0 Å². The van der Waals surface area contributed by atoms with Crippen LogP contribution in [-0.4, -0.2) is 41.0 Å². The lowest BCUT2D eigenvalue weighted by Gasteiger charge is -2.26. The van der Waals surface area contributed by atoms with Gasteiger partial charge >= 0.3 is 5.97 Å². The quantitative estimate of drug-likeness (QED) is 0.843. The molecule has 0 heterocycles. The van der Waals surface area contributed by atoms with E-state index in [-0.39, 0.29) is 25.0 Å². The number of hydrogen-bond acceptors (Lipinski definition) is 3. The van der Waals surface area contributed by atoms with Crippen molar-refractivity contribution in [3.63, 3.8) is 0 Å². The van der Waals surface area contributed by atoms with Crippen molar-refractivity contribution in [3.05, 3.63) is 29.8 Å². The number of anilines is 1. The van der Waals surface area contributed by atoms with Crippen LogP contribution in [0, 0.1) is 6.92 Å². The number of carbonyl (C=O) groups is 2. The van der Waals surface area contributed by atoms with Gasteiger partial charge in [0.1, 0.15) is 0 Å². The molecule has 1 aromatic rings. The first kappa shape index (κ1) is 15.5. The Labute approximate surface area is 125 Å². The molecule has 2 rings (SSSR count). The van der Waals surface area contributed by atoms with Crippen LogP contribution in [0.5, 0.6) is 0 Å². The second-order valence-electron chi connectivity index (χ2n) is 5.65. The molecule has 1 aliphatic rings. The van der Waals surface area contributed by atoms with Gasteiger partial charge in [-0.1, -0.05) is 25.0 Å². The van der Waals surface area contributed by atoms with E-state index < -0.39 is 5.97 Å². The van der Waals surface area contributed by atoms with Gasteiger partial charge in [-0.3, -0.25) is 14.5 Å². The maximum atomic E-state index is 12.1. The van der Waals surface area contributed by atoms with Gasteiger partial charge in [-0.15, -0.1) is 0 Å². The molecule has 1 aliphatic carbocycles. The van der Waals surface area contributed by atoms with Gasteiger partial charge in [0.15, 0.2) is 0 Å². The molecule has 2 N–H and O–H groups in total. The zero-order valence-electron chi connectivity index (χ0n) is 12.3. The average molecular weight is 290 g/mol. The van der Waals surface area contributed by atoms with E-state index in [1.165, 1.54) is 0 Å². The third-order valence-electron chi connectivity index (χ3n) is 3.83. The number of carboxylic acids is 1. The zero-order valence-corrected chi connectivity index (χ0v) is 12.3. The summed E-state index contributed by atoms with van der Waals surface area (Å²) < 4.78 is 0. The molecule has 114 valence electrons. The molecule has 0 atom stereocenters. The van der Waals surface area contributed by atoms with Crippen LogP contribution < -0.4 is 5.32 Å². The molecule has 0 spiro atoms. The summed E-state index contributed by atoms with van der Waals surface area (Å²) in [6.07, 6.45) is 4.18. The van der Waals surface area contributed by atoms with Crippen molar-refractivity contribution < 1.29 is 14.7 Å². The van der Waals surface area contributed by atoms with Gasteiger partial charge in [0, 0.05) is 11.7 Å². The van der Waals surface area contributed by atoms with Gasteiger partial charge < -0.3 is 10.4 Å². The summed E-state index contributed by atoms with van der Waals surface area (Å²) in [6, 6.07) is 7.79. The minimum Gasteiger partial charge on any atom is -0.480 e. The van der Waals surface area contributed by atoms with Crippen LogP contribution in [0.2, 0.25) is 0 Å². The average Bonchev–Trinajstić information content (AvgIpc) is 2.91. The summed E-state index contributed by atoms with van der Waals surface area (Å²) in [5.41, 5.74) is 1.83. The molecule has 1 fully saturated rings. The Hall–Kier alpha value is -1.88. The van der Waals surface area contributed by atoms with Crippen molar-refractivity contribution in [3.8, 4) is 0 Å². The standard InChI is InChI=1S/C16H22N2O3/c1-12-5-4-6-13(9-12)17-15(19)10-18(11-16(20)21)14-7-2-3-8-14/h4-6,9,14H,2-3,7-8,10-11H2,1H3,(H,17,19)(H,20,21). The monoisotopic (exact) mass is 290 g/mol. The first-order chi connectivity index (χ1) is 10.0. The molecule has 5 heteroatoms. The van der Waals surface area contributed by atoms with E-state index in [0.29, 0.717) is 0 Å². The van der Waals surface area contributed by atoms with Crippen molar-refractivity contribution in [2.75, 3.05) is 18.4 Å². The molecule has 21 heavy (non-hydrogen) atoms. The molecule has 0 aromatic heterocycles. The Morgan fingerprint density at radius 2 is 2.00 bits per heavy atom. The van der Waals surface area contributed by atoms with Crippen LogP contribution in [0.15, 0.2) is 24.3 Å². The molecule has 0 aliphatic heterocycles. The number of hydrogen-bond donors (Lipinski definition) is 2. The van der Waals surface area contributed by atoms with Crippen LogP contribution in [0.4, 0.5) is 5.69 Å². The molecule has 0 radical (unpaired) electrons. The van der Waals surface area contributed by atoms with E-state index >= 15 is 0 Å². The second kappa shape index (κ2) is 7.22. The van der Waals surface area contributed by atoms with Crippen LogP contribution in [0.1, 0.15) is 31.2 Å². The number of aryl methyl sites for hydroxylation is 1. The maximum absolute atomic E-state index is 12.1. The fourth-order valence-electron chi connectivity index (χ4n) is 2.87. The summed E-state index contributed by atoms with van der Waals surface area (Å²) in [5.74, 6) is -1.04. The molecular weight excluding hydrogens is 268 g/mol. The van der Waals surface area contributed by atoms with Crippen LogP contribution in [-0.2, 0) is 9.59 Å².